The van der Waals surface area contributed by atoms with Gasteiger partial charge in [-0.15, -0.1) is 0 Å². The summed E-state index contributed by atoms with van der Waals surface area (Å²) in [5.41, 5.74) is 4.83. The molecule has 0 bridgehead atoms. The summed E-state index contributed by atoms with van der Waals surface area (Å²) in [6.07, 6.45) is -0.104. The summed E-state index contributed by atoms with van der Waals surface area (Å²) in [5.74, 6) is -0.306. The smallest absolute Gasteiger partial charge is 0.320 e. The summed E-state index contributed by atoms with van der Waals surface area (Å²) < 4.78 is 4.86. The van der Waals surface area contributed by atoms with Gasteiger partial charge in [-0.05, 0) is 13.8 Å². The fourth-order valence-corrected chi connectivity index (χ4v) is 0.769. The third-order valence-electron chi connectivity index (χ3n) is 1.24. The molecule has 0 aliphatic heterocycles. The predicted molar refractivity (Wildman–Crippen MR) is 51.7 cm³/mol. The second kappa shape index (κ2) is 7.14. The molecule has 0 fully saturated rings. The predicted octanol–water partition coefficient (Wildman–Crippen LogP) is -0.804. The number of nitrogens with two attached hydrogens (primary N) is 1. The molecule has 2 amide bonds. The molecule has 0 aliphatic rings. The molecule has 0 atom stereocenters. The summed E-state index contributed by atoms with van der Waals surface area (Å²) in [5, 5.41) is 5.19. The number of carbonyl (C=O) groups excluding carboxylic acids is 2. The molecule has 0 saturated carbocycles. The topological polar surface area (TPSA) is 93.4 Å². The van der Waals surface area contributed by atoms with Crippen molar-refractivity contribution >= 4 is 12.0 Å². The van der Waals surface area contributed by atoms with Crippen LogP contribution in [0.4, 0.5) is 4.79 Å². The lowest BCUT2D eigenvalue weighted by Gasteiger charge is -2.08. The third-order valence-corrected chi connectivity index (χ3v) is 1.24. The Morgan fingerprint density at radius 1 is 1.36 bits per heavy atom. The fourth-order valence-electron chi connectivity index (χ4n) is 0.769. The normalized spacial score (nSPS) is 9.93. The van der Waals surface area contributed by atoms with Crippen molar-refractivity contribution in [1.82, 2.24) is 10.6 Å². The van der Waals surface area contributed by atoms with E-state index < -0.39 is 6.03 Å². The number of hydrogen-bond acceptors (Lipinski definition) is 4. The summed E-state index contributed by atoms with van der Waals surface area (Å²) in [6, 6.07) is -0.573. The summed E-state index contributed by atoms with van der Waals surface area (Å²) in [4.78, 5) is 21.2. The van der Waals surface area contributed by atoms with Crippen LogP contribution in [0.25, 0.3) is 0 Å². The number of ether oxygens (including phenoxy) is 1. The van der Waals surface area contributed by atoms with Crippen molar-refractivity contribution in [1.29, 1.82) is 0 Å². The van der Waals surface area contributed by atoms with Crippen LogP contribution in [0.3, 0.4) is 0 Å². The molecule has 0 aromatic carbocycles. The number of hydrogen-bond donors (Lipinski definition) is 3. The van der Waals surface area contributed by atoms with Crippen LogP contribution < -0.4 is 16.4 Å². The van der Waals surface area contributed by atoms with E-state index >= 15 is 0 Å². The second-order valence-corrected chi connectivity index (χ2v) is 3.01. The highest BCUT2D eigenvalue weighted by molar-refractivity contribution is 5.72. The molecular formula is C8H17N3O3. The van der Waals surface area contributed by atoms with Gasteiger partial charge in [0.2, 0.25) is 0 Å². The van der Waals surface area contributed by atoms with E-state index in [-0.39, 0.29) is 18.6 Å². The molecule has 0 radical (unpaired) electrons. The largest absolute Gasteiger partial charge is 0.462 e. The van der Waals surface area contributed by atoms with Crippen LogP contribution in [-0.4, -0.2) is 37.7 Å². The first-order valence-electron chi connectivity index (χ1n) is 4.46. The first-order valence-corrected chi connectivity index (χ1v) is 4.46. The van der Waals surface area contributed by atoms with Gasteiger partial charge in [0.05, 0.1) is 12.6 Å². The highest BCUT2D eigenvalue weighted by Gasteiger charge is 2.03. The van der Waals surface area contributed by atoms with Crippen LogP contribution in [0.1, 0.15) is 13.8 Å². The van der Waals surface area contributed by atoms with Crippen LogP contribution in [0, 0.1) is 0 Å². The van der Waals surface area contributed by atoms with Gasteiger partial charge in [0, 0.05) is 13.1 Å². The first kappa shape index (κ1) is 12.7. The van der Waals surface area contributed by atoms with E-state index in [0.29, 0.717) is 13.1 Å². The lowest BCUT2D eigenvalue weighted by molar-refractivity contribution is -0.146. The van der Waals surface area contributed by atoms with Gasteiger partial charge in [0.25, 0.3) is 0 Å². The maximum atomic E-state index is 11.0. The highest BCUT2D eigenvalue weighted by atomic mass is 16.5. The van der Waals surface area contributed by atoms with Gasteiger partial charge < -0.3 is 21.1 Å². The molecule has 0 aromatic heterocycles. The van der Waals surface area contributed by atoms with Gasteiger partial charge in [-0.3, -0.25) is 4.79 Å². The lowest BCUT2D eigenvalue weighted by Crippen LogP contribution is -2.37. The highest BCUT2D eigenvalue weighted by Crippen LogP contribution is 1.86. The van der Waals surface area contributed by atoms with Gasteiger partial charge in [-0.25, -0.2) is 4.79 Å². The zero-order chi connectivity index (χ0) is 11.0. The Kier molecular flexibility index (Phi) is 6.47. The van der Waals surface area contributed by atoms with Crippen LogP contribution >= 0.6 is 0 Å². The quantitative estimate of drug-likeness (QED) is 0.389. The molecule has 0 heterocycles. The van der Waals surface area contributed by atoms with Gasteiger partial charge in [-0.1, -0.05) is 0 Å². The molecule has 0 spiro atoms. The standard InChI is InChI=1S/C8H17N3O3/c1-6(2)14-7(12)5-10-3-4-11-8(9)13/h6,10H,3-5H2,1-2H3,(H3,9,11,13). The molecule has 0 aromatic rings. The molecule has 0 aliphatic carbocycles. The number of urea groups is 1. The number of nitrogens with one attached hydrogen (secondary N) is 2. The minimum absolute atomic E-state index is 0.104. The van der Waals surface area contributed by atoms with E-state index in [1.54, 1.807) is 13.8 Å². The second-order valence-electron chi connectivity index (χ2n) is 3.01. The van der Waals surface area contributed by atoms with Crippen molar-refractivity contribution in [2.45, 2.75) is 20.0 Å². The van der Waals surface area contributed by atoms with Gasteiger partial charge >= 0.3 is 12.0 Å². The number of esters is 1. The Morgan fingerprint density at radius 2 is 2.00 bits per heavy atom. The van der Waals surface area contributed by atoms with Gasteiger partial charge in [0.15, 0.2) is 0 Å². The van der Waals surface area contributed by atoms with Crippen molar-refractivity contribution in [3.05, 3.63) is 0 Å². The molecule has 14 heavy (non-hydrogen) atoms. The Hall–Kier alpha value is -1.30. The number of primary amides is 1. The van der Waals surface area contributed by atoms with Crippen LogP contribution in [0.2, 0.25) is 0 Å². The Balaban J connectivity index is 3.27. The zero-order valence-corrected chi connectivity index (χ0v) is 8.50. The lowest BCUT2D eigenvalue weighted by atomic mass is 10.5. The average Bonchev–Trinajstić information content (AvgIpc) is 2.01. The zero-order valence-electron chi connectivity index (χ0n) is 8.50. The maximum Gasteiger partial charge on any atom is 0.320 e. The van der Waals surface area contributed by atoms with Crippen molar-refractivity contribution < 1.29 is 14.3 Å². The van der Waals surface area contributed by atoms with Crippen LogP contribution in [0.15, 0.2) is 0 Å². The Morgan fingerprint density at radius 3 is 2.50 bits per heavy atom. The number of rotatable bonds is 6. The summed E-state index contributed by atoms with van der Waals surface area (Å²) in [7, 11) is 0. The summed E-state index contributed by atoms with van der Waals surface area (Å²) in [6.45, 7) is 4.58. The molecule has 6 nitrogen and oxygen atoms in total. The van der Waals surface area contributed by atoms with E-state index in [1.807, 2.05) is 0 Å². The monoisotopic (exact) mass is 203 g/mol. The van der Waals surface area contributed by atoms with Crippen molar-refractivity contribution in [2.75, 3.05) is 19.6 Å². The van der Waals surface area contributed by atoms with E-state index in [2.05, 4.69) is 10.6 Å². The number of carbonyl (C=O) groups is 2. The van der Waals surface area contributed by atoms with Gasteiger partial charge in [0.1, 0.15) is 0 Å². The Labute approximate surface area is 83.2 Å². The molecule has 6 heteroatoms. The minimum Gasteiger partial charge on any atom is -0.462 e. The van der Waals surface area contributed by atoms with Crippen molar-refractivity contribution in [3.63, 3.8) is 0 Å². The molecule has 0 unspecified atom stereocenters. The summed E-state index contributed by atoms with van der Waals surface area (Å²) >= 11 is 0. The Bertz CT molecular complexity index is 194. The van der Waals surface area contributed by atoms with Crippen LogP contribution in [0.5, 0.6) is 0 Å². The van der Waals surface area contributed by atoms with Crippen LogP contribution in [-0.2, 0) is 9.53 Å². The van der Waals surface area contributed by atoms with Gasteiger partial charge in [-0.2, -0.15) is 0 Å². The van der Waals surface area contributed by atoms with Crippen molar-refractivity contribution in [2.24, 2.45) is 5.73 Å². The number of amides is 2. The van der Waals surface area contributed by atoms with E-state index in [1.165, 1.54) is 0 Å². The molecule has 0 saturated heterocycles. The average molecular weight is 203 g/mol. The minimum atomic E-state index is -0.573. The maximum absolute atomic E-state index is 11.0. The van der Waals surface area contributed by atoms with E-state index in [0.717, 1.165) is 0 Å². The molecule has 4 N–H and O–H groups in total. The molecule has 0 rings (SSSR count). The van der Waals surface area contributed by atoms with Crippen molar-refractivity contribution in [3.8, 4) is 0 Å². The first-order chi connectivity index (χ1) is 6.52. The fraction of sp³-hybridized carbons (Fsp3) is 0.750. The molecular weight excluding hydrogens is 186 g/mol. The van der Waals surface area contributed by atoms with E-state index in [9.17, 15) is 9.59 Å². The third kappa shape index (κ3) is 8.79. The SMILES string of the molecule is CC(C)OC(=O)CNCCNC(N)=O. The van der Waals surface area contributed by atoms with E-state index in [4.69, 9.17) is 10.5 Å². The molecule has 82 valence electrons.